The summed E-state index contributed by atoms with van der Waals surface area (Å²) in [6.07, 6.45) is 4.55. The largest absolute Gasteiger partial charge is 0.465 e. The molecule has 0 aliphatic heterocycles. The number of allylic oxidation sites excluding steroid dienone is 1. The van der Waals surface area contributed by atoms with Gasteiger partial charge in [-0.1, -0.05) is 6.08 Å². The molecule has 0 aromatic carbocycles. The van der Waals surface area contributed by atoms with Crippen molar-refractivity contribution >= 4 is 5.91 Å². The molecule has 1 atom stereocenters. The molecule has 1 N–H and O–H groups in total. The Bertz CT molecular complexity index is 772. The first kappa shape index (κ1) is 17.5. The lowest BCUT2D eigenvalue weighted by atomic mass is 9.91. The van der Waals surface area contributed by atoms with Crippen LogP contribution in [0, 0.1) is 6.92 Å². The van der Waals surface area contributed by atoms with E-state index in [2.05, 4.69) is 17.0 Å². The highest BCUT2D eigenvalue weighted by Crippen LogP contribution is 2.26. The lowest BCUT2D eigenvalue weighted by Gasteiger charge is -2.24. The Hall–Kier alpha value is -2.34. The van der Waals surface area contributed by atoms with Crippen molar-refractivity contribution in [2.45, 2.75) is 45.3 Å². The lowest BCUT2D eigenvalue weighted by Crippen LogP contribution is -2.35. The normalized spacial score (nSPS) is 16.5. The molecule has 1 aliphatic carbocycles. The number of furan rings is 1. The van der Waals surface area contributed by atoms with Crippen molar-refractivity contribution in [1.29, 1.82) is 0 Å². The minimum atomic E-state index is -0.0404. The van der Waals surface area contributed by atoms with Crippen LogP contribution in [0.25, 0.3) is 0 Å². The van der Waals surface area contributed by atoms with E-state index in [1.807, 2.05) is 29.8 Å². The Kier molecular flexibility index (Phi) is 5.08. The number of nitrogens with one attached hydrogen (secondary N) is 1. The molecule has 2 aromatic rings. The fourth-order valence-electron chi connectivity index (χ4n) is 3.34. The summed E-state index contributed by atoms with van der Waals surface area (Å²) in [5, 5.41) is 8.12. The topological polar surface area (TPSA) is 63.3 Å². The molecule has 6 nitrogen and oxygen atoms in total. The standard InChI is InChI=1S/C19H26N4O2/c1-5-10-23-17-9-7-14(20-12-15-8-6-13(2)25-15)11-16(17)18(21-23)19(24)22(3)4/h5-6,8,14,20H,1,7,9-12H2,2-4H3. The summed E-state index contributed by atoms with van der Waals surface area (Å²) >= 11 is 0. The van der Waals surface area contributed by atoms with Gasteiger partial charge in [-0.05, 0) is 38.3 Å². The van der Waals surface area contributed by atoms with Gasteiger partial charge in [0.15, 0.2) is 5.69 Å². The summed E-state index contributed by atoms with van der Waals surface area (Å²) in [5.41, 5.74) is 2.80. The van der Waals surface area contributed by atoms with Gasteiger partial charge >= 0.3 is 0 Å². The number of hydrogen-bond donors (Lipinski definition) is 1. The average molecular weight is 342 g/mol. The summed E-state index contributed by atoms with van der Waals surface area (Å²) in [6.45, 7) is 7.07. The van der Waals surface area contributed by atoms with Crippen LogP contribution >= 0.6 is 0 Å². The molecule has 2 aromatic heterocycles. The molecule has 0 bridgehead atoms. The molecule has 0 saturated heterocycles. The molecule has 1 amide bonds. The minimum absolute atomic E-state index is 0.0404. The zero-order valence-electron chi connectivity index (χ0n) is 15.2. The Balaban J connectivity index is 1.78. The van der Waals surface area contributed by atoms with E-state index in [9.17, 15) is 4.79 Å². The molecule has 3 rings (SSSR count). The SMILES string of the molecule is C=CCn1nc(C(=O)N(C)C)c2c1CCC(NCc1ccc(C)o1)C2. The van der Waals surface area contributed by atoms with Crippen LogP contribution in [0.3, 0.4) is 0 Å². The maximum absolute atomic E-state index is 12.5. The second-order valence-electron chi connectivity index (χ2n) is 6.78. The number of aryl methyl sites for hydroxylation is 1. The van der Waals surface area contributed by atoms with Crippen LogP contribution in [0.4, 0.5) is 0 Å². The fraction of sp³-hybridized carbons (Fsp3) is 0.474. The van der Waals surface area contributed by atoms with Gasteiger partial charge in [0, 0.05) is 31.4 Å². The van der Waals surface area contributed by atoms with Crippen molar-refractivity contribution in [3.8, 4) is 0 Å². The summed E-state index contributed by atoms with van der Waals surface area (Å²) < 4.78 is 7.54. The van der Waals surface area contributed by atoms with Gasteiger partial charge in [0.25, 0.3) is 5.91 Å². The van der Waals surface area contributed by atoms with Gasteiger partial charge in [0.05, 0.1) is 13.1 Å². The van der Waals surface area contributed by atoms with Gasteiger partial charge in [0.2, 0.25) is 0 Å². The first-order valence-electron chi connectivity index (χ1n) is 8.69. The number of carbonyl (C=O) groups is 1. The van der Waals surface area contributed by atoms with E-state index in [0.717, 1.165) is 42.0 Å². The summed E-state index contributed by atoms with van der Waals surface area (Å²) in [5.74, 6) is 1.82. The maximum Gasteiger partial charge on any atom is 0.274 e. The van der Waals surface area contributed by atoms with Crippen molar-refractivity contribution in [2.75, 3.05) is 14.1 Å². The van der Waals surface area contributed by atoms with Gasteiger partial charge in [-0.15, -0.1) is 6.58 Å². The van der Waals surface area contributed by atoms with E-state index in [0.29, 0.717) is 24.8 Å². The summed E-state index contributed by atoms with van der Waals surface area (Å²) in [4.78, 5) is 14.1. The quantitative estimate of drug-likeness (QED) is 0.819. The number of aromatic nitrogens is 2. The average Bonchev–Trinajstić information content (AvgIpc) is 3.16. The van der Waals surface area contributed by atoms with Gasteiger partial charge in [-0.25, -0.2) is 0 Å². The number of hydrogen-bond acceptors (Lipinski definition) is 4. The number of carbonyl (C=O) groups excluding carboxylic acids is 1. The number of amides is 1. The van der Waals surface area contributed by atoms with E-state index in [4.69, 9.17) is 4.42 Å². The Morgan fingerprint density at radius 1 is 1.52 bits per heavy atom. The first-order valence-corrected chi connectivity index (χ1v) is 8.69. The van der Waals surface area contributed by atoms with E-state index >= 15 is 0 Å². The molecular formula is C19H26N4O2. The molecule has 0 spiro atoms. The van der Waals surface area contributed by atoms with Gasteiger partial charge in [-0.2, -0.15) is 5.10 Å². The van der Waals surface area contributed by atoms with E-state index in [-0.39, 0.29) is 5.91 Å². The van der Waals surface area contributed by atoms with Crippen LogP contribution in [-0.4, -0.2) is 40.7 Å². The molecule has 1 unspecified atom stereocenters. The van der Waals surface area contributed by atoms with E-state index in [1.165, 1.54) is 0 Å². The predicted octanol–water partition coefficient (Wildman–Crippen LogP) is 2.32. The van der Waals surface area contributed by atoms with Crippen molar-refractivity contribution in [1.82, 2.24) is 20.0 Å². The highest BCUT2D eigenvalue weighted by Gasteiger charge is 2.29. The maximum atomic E-state index is 12.5. The molecular weight excluding hydrogens is 316 g/mol. The van der Waals surface area contributed by atoms with Crippen LogP contribution < -0.4 is 5.32 Å². The van der Waals surface area contributed by atoms with Gasteiger partial charge in [0.1, 0.15) is 11.5 Å². The Morgan fingerprint density at radius 3 is 2.96 bits per heavy atom. The molecule has 0 radical (unpaired) electrons. The van der Waals surface area contributed by atoms with Gasteiger partial charge in [-0.3, -0.25) is 9.48 Å². The van der Waals surface area contributed by atoms with Crippen molar-refractivity contribution in [2.24, 2.45) is 0 Å². The molecule has 2 heterocycles. The van der Waals surface area contributed by atoms with E-state index in [1.54, 1.807) is 19.0 Å². The molecule has 1 aliphatic rings. The third-order valence-electron chi connectivity index (χ3n) is 4.62. The lowest BCUT2D eigenvalue weighted by molar-refractivity contribution is 0.0820. The van der Waals surface area contributed by atoms with Crippen molar-refractivity contribution < 1.29 is 9.21 Å². The second kappa shape index (κ2) is 7.27. The van der Waals surface area contributed by atoms with Crippen LogP contribution in [-0.2, 0) is 25.9 Å². The molecule has 0 fully saturated rings. The minimum Gasteiger partial charge on any atom is -0.465 e. The van der Waals surface area contributed by atoms with E-state index < -0.39 is 0 Å². The number of nitrogens with zero attached hydrogens (tertiary/aromatic N) is 3. The van der Waals surface area contributed by atoms with Crippen molar-refractivity contribution in [3.63, 3.8) is 0 Å². The molecule has 0 saturated carbocycles. The van der Waals surface area contributed by atoms with Crippen LogP contribution in [0.1, 0.15) is 39.7 Å². The van der Waals surface area contributed by atoms with Gasteiger partial charge < -0.3 is 14.6 Å². The second-order valence-corrected chi connectivity index (χ2v) is 6.78. The third kappa shape index (κ3) is 3.69. The molecule has 134 valence electrons. The highest BCUT2D eigenvalue weighted by molar-refractivity contribution is 5.93. The van der Waals surface area contributed by atoms with Crippen molar-refractivity contribution in [3.05, 3.63) is 53.3 Å². The van der Waals surface area contributed by atoms with Crippen LogP contribution in [0.15, 0.2) is 29.2 Å². The number of fused-ring (bicyclic) bond motifs is 1. The van der Waals surface area contributed by atoms with Crippen LogP contribution in [0.2, 0.25) is 0 Å². The summed E-state index contributed by atoms with van der Waals surface area (Å²) in [6, 6.07) is 4.29. The smallest absolute Gasteiger partial charge is 0.274 e. The summed E-state index contributed by atoms with van der Waals surface area (Å²) in [7, 11) is 3.53. The Morgan fingerprint density at radius 2 is 2.32 bits per heavy atom. The fourth-order valence-corrected chi connectivity index (χ4v) is 3.34. The Labute approximate surface area is 148 Å². The predicted molar refractivity (Wildman–Crippen MR) is 96.5 cm³/mol. The molecule has 6 heteroatoms. The van der Waals surface area contributed by atoms with Crippen LogP contribution in [0.5, 0.6) is 0 Å². The highest BCUT2D eigenvalue weighted by atomic mass is 16.3. The molecule has 25 heavy (non-hydrogen) atoms. The first-order chi connectivity index (χ1) is 12.0. The monoisotopic (exact) mass is 342 g/mol. The zero-order chi connectivity index (χ0) is 18.0. The zero-order valence-corrected chi connectivity index (χ0v) is 15.2. The number of rotatable bonds is 6. The third-order valence-corrected chi connectivity index (χ3v) is 4.62.